The summed E-state index contributed by atoms with van der Waals surface area (Å²) in [4.78, 5) is 8.70. The lowest BCUT2D eigenvalue weighted by atomic mass is 10.1. The Morgan fingerprint density at radius 1 is 0.882 bits per heavy atom. The van der Waals surface area contributed by atoms with Crippen molar-refractivity contribution < 1.29 is 0 Å². The standard InChI is InChI=1S/C14H11N3/c15-12-5-6-14(17-9-12)11-7-10-3-1-2-4-13(10)16-8-11/h1-9H,15H2. The quantitative estimate of drug-likeness (QED) is 0.687. The SMILES string of the molecule is Nc1ccc(-c2cnc3ccccc3c2)nc1. The Hall–Kier alpha value is -2.42. The third kappa shape index (κ3) is 1.83. The minimum Gasteiger partial charge on any atom is -0.397 e. The number of nitrogen functional groups attached to an aromatic ring is 1. The van der Waals surface area contributed by atoms with Crippen LogP contribution in [0.4, 0.5) is 5.69 Å². The van der Waals surface area contributed by atoms with Crippen molar-refractivity contribution in [2.75, 3.05) is 5.73 Å². The zero-order valence-corrected chi connectivity index (χ0v) is 9.17. The number of pyridine rings is 2. The summed E-state index contributed by atoms with van der Waals surface area (Å²) in [5.41, 5.74) is 9.17. The molecule has 0 unspecified atom stereocenters. The maximum Gasteiger partial charge on any atom is 0.0719 e. The van der Waals surface area contributed by atoms with Gasteiger partial charge in [0.15, 0.2) is 0 Å². The Morgan fingerprint density at radius 2 is 1.76 bits per heavy atom. The lowest BCUT2D eigenvalue weighted by molar-refractivity contribution is 1.31. The maximum absolute atomic E-state index is 5.62. The van der Waals surface area contributed by atoms with Gasteiger partial charge in [0.1, 0.15) is 0 Å². The average Bonchev–Trinajstić information content (AvgIpc) is 2.39. The minimum absolute atomic E-state index is 0.669. The molecule has 1 aromatic carbocycles. The lowest BCUT2D eigenvalue weighted by Crippen LogP contribution is -1.89. The molecule has 2 heterocycles. The van der Waals surface area contributed by atoms with E-state index in [0.29, 0.717) is 5.69 Å². The van der Waals surface area contributed by atoms with Gasteiger partial charge in [0, 0.05) is 17.1 Å². The number of fused-ring (bicyclic) bond motifs is 1. The summed E-state index contributed by atoms with van der Waals surface area (Å²) in [6.45, 7) is 0. The number of hydrogen-bond donors (Lipinski definition) is 1. The Kier molecular flexibility index (Phi) is 2.22. The molecule has 0 radical (unpaired) electrons. The monoisotopic (exact) mass is 221 g/mol. The number of nitrogens with two attached hydrogens (primary N) is 1. The highest BCUT2D eigenvalue weighted by molar-refractivity contribution is 5.82. The topological polar surface area (TPSA) is 51.8 Å². The highest BCUT2D eigenvalue weighted by atomic mass is 14.7. The van der Waals surface area contributed by atoms with Crippen LogP contribution >= 0.6 is 0 Å². The van der Waals surface area contributed by atoms with Crippen LogP contribution in [-0.2, 0) is 0 Å². The molecule has 0 saturated carbocycles. The molecule has 0 atom stereocenters. The van der Waals surface area contributed by atoms with E-state index in [0.717, 1.165) is 22.2 Å². The van der Waals surface area contributed by atoms with Crippen LogP contribution in [0.25, 0.3) is 22.2 Å². The molecule has 0 fully saturated rings. The van der Waals surface area contributed by atoms with Crippen molar-refractivity contribution in [2.24, 2.45) is 0 Å². The smallest absolute Gasteiger partial charge is 0.0719 e. The first-order valence-electron chi connectivity index (χ1n) is 5.40. The van der Waals surface area contributed by atoms with Gasteiger partial charge in [-0.3, -0.25) is 9.97 Å². The van der Waals surface area contributed by atoms with Crippen LogP contribution in [0, 0.1) is 0 Å². The zero-order valence-electron chi connectivity index (χ0n) is 9.17. The second-order valence-corrected chi connectivity index (χ2v) is 3.89. The molecule has 82 valence electrons. The molecule has 2 N–H and O–H groups in total. The van der Waals surface area contributed by atoms with Crippen molar-refractivity contribution in [1.29, 1.82) is 0 Å². The maximum atomic E-state index is 5.62. The molecule has 2 aromatic heterocycles. The third-order valence-electron chi connectivity index (χ3n) is 2.67. The number of hydrogen-bond acceptors (Lipinski definition) is 3. The summed E-state index contributed by atoms with van der Waals surface area (Å²) >= 11 is 0. The second kappa shape index (κ2) is 3.87. The predicted molar refractivity (Wildman–Crippen MR) is 69.4 cm³/mol. The largest absolute Gasteiger partial charge is 0.397 e. The number of rotatable bonds is 1. The molecule has 3 nitrogen and oxygen atoms in total. The molecular weight excluding hydrogens is 210 g/mol. The zero-order chi connectivity index (χ0) is 11.7. The van der Waals surface area contributed by atoms with Crippen LogP contribution in [0.3, 0.4) is 0 Å². The number of anilines is 1. The van der Waals surface area contributed by atoms with Gasteiger partial charge < -0.3 is 5.73 Å². The summed E-state index contributed by atoms with van der Waals surface area (Å²) in [5.74, 6) is 0. The Labute approximate surface area is 98.9 Å². The van der Waals surface area contributed by atoms with E-state index in [1.807, 2.05) is 42.6 Å². The summed E-state index contributed by atoms with van der Waals surface area (Å²) in [7, 11) is 0. The van der Waals surface area contributed by atoms with Gasteiger partial charge in [0.05, 0.1) is 23.1 Å². The molecule has 0 aliphatic carbocycles. The third-order valence-corrected chi connectivity index (χ3v) is 2.67. The molecule has 0 amide bonds. The minimum atomic E-state index is 0.669. The van der Waals surface area contributed by atoms with Crippen molar-refractivity contribution in [3.05, 3.63) is 54.9 Å². The van der Waals surface area contributed by atoms with Crippen molar-refractivity contribution >= 4 is 16.6 Å². The Balaban J connectivity index is 2.14. The molecule has 0 saturated heterocycles. The van der Waals surface area contributed by atoms with Crippen LogP contribution in [0.15, 0.2) is 54.9 Å². The first-order valence-corrected chi connectivity index (χ1v) is 5.40. The molecule has 0 bridgehead atoms. The molecule has 3 rings (SSSR count). The van der Waals surface area contributed by atoms with Gasteiger partial charge >= 0.3 is 0 Å². The molecule has 3 aromatic rings. The number of nitrogens with zero attached hydrogens (tertiary/aromatic N) is 2. The fourth-order valence-electron chi connectivity index (χ4n) is 1.79. The molecule has 0 aliphatic heterocycles. The summed E-state index contributed by atoms with van der Waals surface area (Å²) in [6, 6.07) is 13.9. The van der Waals surface area contributed by atoms with Crippen LogP contribution in [0.1, 0.15) is 0 Å². The van der Waals surface area contributed by atoms with E-state index in [1.54, 1.807) is 6.20 Å². The molecular formula is C14H11N3. The summed E-state index contributed by atoms with van der Waals surface area (Å²) in [6.07, 6.45) is 3.49. The highest BCUT2D eigenvalue weighted by Gasteiger charge is 2.01. The summed E-state index contributed by atoms with van der Waals surface area (Å²) in [5, 5.41) is 1.11. The van der Waals surface area contributed by atoms with Crippen molar-refractivity contribution in [1.82, 2.24) is 9.97 Å². The highest BCUT2D eigenvalue weighted by Crippen LogP contribution is 2.21. The number of aromatic nitrogens is 2. The van der Waals surface area contributed by atoms with Crippen LogP contribution in [-0.4, -0.2) is 9.97 Å². The molecule has 17 heavy (non-hydrogen) atoms. The second-order valence-electron chi connectivity index (χ2n) is 3.89. The molecule has 3 heteroatoms. The fraction of sp³-hybridized carbons (Fsp3) is 0. The van der Waals surface area contributed by atoms with Crippen LogP contribution < -0.4 is 5.73 Å². The van der Waals surface area contributed by atoms with Gasteiger partial charge in [0.2, 0.25) is 0 Å². The van der Waals surface area contributed by atoms with E-state index < -0.39 is 0 Å². The van der Waals surface area contributed by atoms with Gasteiger partial charge in [0.25, 0.3) is 0 Å². The van der Waals surface area contributed by atoms with Gasteiger partial charge in [-0.2, -0.15) is 0 Å². The van der Waals surface area contributed by atoms with E-state index in [2.05, 4.69) is 16.0 Å². The van der Waals surface area contributed by atoms with Crippen molar-refractivity contribution in [2.45, 2.75) is 0 Å². The van der Waals surface area contributed by atoms with Gasteiger partial charge in [-0.1, -0.05) is 18.2 Å². The van der Waals surface area contributed by atoms with Crippen LogP contribution in [0.2, 0.25) is 0 Å². The predicted octanol–water partition coefficient (Wildman–Crippen LogP) is 2.88. The first kappa shape index (κ1) is 9.78. The Bertz CT molecular complexity index is 660. The normalized spacial score (nSPS) is 10.6. The van der Waals surface area contributed by atoms with Gasteiger partial charge in [-0.15, -0.1) is 0 Å². The first-order chi connectivity index (χ1) is 8.33. The van der Waals surface area contributed by atoms with E-state index in [4.69, 9.17) is 5.73 Å². The van der Waals surface area contributed by atoms with Crippen LogP contribution in [0.5, 0.6) is 0 Å². The number of para-hydroxylation sites is 1. The van der Waals surface area contributed by atoms with Gasteiger partial charge in [-0.25, -0.2) is 0 Å². The van der Waals surface area contributed by atoms with Crippen molar-refractivity contribution in [3.8, 4) is 11.3 Å². The van der Waals surface area contributed by atoms with E-state index in [-0.39, 0.29) is 0 Å². The van der Waals surface area contributed by atoms with E-state index in [9.17, 15) is 0 Å². The summed E-state index contributed by atoms with van der Waals surface area (Å²) < 4.78 is 0. The van der Waals surface area contributed by atoms with E-state index >= 15 is 0 Å². The average molecular weight is 221 g/mol. The molecule has 0 spiro atoms. The Morgan fingerprint density at radius 3 is 2.59 bits per heavy atom. The van der Waals surface area contributed by atoms with Gasteiger partial charge in [-0.05, 0) is 24.3 Å². The lowest BCUT2D eigenvalue weighted by Gasteiger charge is -2.02. The molecule has 0 aliphatic rings. The fourth-order valence-corrected chi connectivity index (χ4v) is 1.79. The number of benzene rings is 1. The van der Waals surface area contributed by atoms with Crippen molar-refractivity contribution in [3.63, 3.8) is 0 Å². The van der Waals surface area contributed by atoms with E-state index in [1.165, 1.54) is 0 Å².